The number of likely N-dealkylation sites (tertiary alicyclic amines) is 1. The van der Waals surface area contributed by atoms with Gasteiger partial charge in [0.2, 0.25) is 0 Å². The van der Waals surface area contributed by atoms with Gasteiger partial charge in [0.15, 0.2) is 11.5 Å². The summed E-state index contributed by atoms with van der Waals surface area (Å²) in [5, 5.41) is 2.35. The monoisotopic (exact) mass is 485 g/mol. The zero-order valence-corrected chi connectivity index (χ0v) is 19.6. The van der Waals surface area contributed by atoms with Crippen LogP contribution in [0.1, 0.15) is 44.1 Å². The maximum absolute atomic E-state index is 13.9. The molecule has 0 radical (unpaired) electrons. The van der Waals surface area contributed by atoms with Gasteiger partial charge in [-0.25, -0.2) is 13.6 Å². The molecule has 3 aliphatic rings. The SMILES string of the molecule is COc1ccc(C2=CC3(CCN(C(=O)Nc4c(F)cccc4F)CC3)ON2)cc1OC1CCCC1. The quantitative estimate of drug-likeness (QED) is 0.606. The van der Waals surface area contributed by atoms with Gasteiger partial charge in [-0.3, -0.25) is 10.3 Å². The lowest BCUT2D eigenvalue weighted by molar-refractivity contribution is -0.0634. The average molecular weight is 486 g/mol. The van der Waals surface area contributed by atoms with Gasteiger partial charge >= 0.3 is 6.03 Å². The lowest BCUT2D eigenvalue weighted by atomic mass is 9.90. The third kappa shape index (κ3) is 4.91. The average Bonchev–Trinajstić information content (AvgIpc) is 3.52. The second kappa shape index (κ2) is 9.73. The molecule has 2 N–H and O–H groups in total. The first-order valence-electron chi connectivity index (χ1n) is 12.0. The minimum absolute atomic E-state index is 0.209. The second-order valence-electron chi connectivity index (χ2n) is 9.23. The Morgan fingerprint density at radius 3 is 2.51 bits per heavy atom. The molecule has 0 unspecified atom stereocenters. The first-order chi connectivity index (χ1) is 17.0. The Morgan fingerprint density at radius 1 is 1.11 bits per heavy atom. The molecule has 0 aromatic heterocycles. The fraction of sp³-hybridized carbons (Fsp3) is 0.423. The van der Waals surface area contributed by atoms with E-state index in [4.69, 9.17) is 14.3 Å². The molecule has 2 aliphatic heterocycles. The molecular weight excluding hydrogens is 456 g/mol. The number of piperidine rings is 1. The predicted molar refractivity (Wildman–Crippen MR) is 127 cm³/mol. The number of hydroxylamine groups is 1. The lowest BCUT2D eigenvalue weighted by Crippen LogP contribution is -2.48. The van der Waals surface area contributed by atoms with Gasteiger partial charge in [-0.15, -0.1) is 0 Å². The van der Waals surface area contributed by atoms with Gasteiger partial charge < -0.3 is 19.7 Å². The number of hydrogen-bond acceptors (Lipinski definition) is 5. The summed E-state index contributed by atoms with van der Waals surface area (Å²) in [6.07, 6.45) is 7.79. The normalized spacial score (nSPS) is 19.4. The van der Waals surface area contributed by atoms with E-state index in [-0.39, 0.29) is 6.10 Å². The van der Waals surface area contributed by atoms with Crippen molar-refractivity contribution in [2.24, 2.45) is 0 Å². The van der Waals surface area contributed by atoms with Crippen molar-refractivity contribution in [3.63, 3.8) is 0 Å². The molecule has 2 heterocycles. The largest absolute Gasteiger partial charge is 0.493 e. The first kappa shape index (κ1) is 23.4. The molecule has 2 fully saturated rings. The molecule has 1 aliphatic carbocycles. The van der Waals surface area contributed by atoms with E-state index in [1.165, 1.54) is 23.8 Å². The van der Waals surface area contributed by atoms with E-state index in [0.29, 0.717) is 37.4 Å². The fourth-order valence-corrected chi connectivity index (χ4v) is 4.88. The van der Waals surface area contributed by atoms with Crippen molar-refractivity contribution in [1.29, 1.82) is 0 Å². The number of nitrogens with one attached hydrogen (secondary N) is 2. The molecule has 5 rings (SSSR count). The molecule has 1 saturated heterocycles. The van der Waals surface area contributed by atoms with Crippen LogP contribution < -0.4 is 20.3 Å². The highest BCUT2D eigenvalue weighted by Gasteiger charge is 2.40. The molecule has 1 saturated carbocycles. The summed E-state index contributed by atoms with van der Waals surface area (Å²) in [6.45, 7) is 0.762. The number of amides is 2. The van der Waals surface area contributed by atoms with Crippen LogP contribution in [0.15, 0.2) is 42.5 Å². The number of carbonyl (C=O) groups excluding carboxylic acids is 1. The van der Waals surface area contributed by atoms with Crippen LogP contribution in [0.4, 0.5) is 19.3 Å². The summed E-state index contributed by atoms with van der Waals surface area (Å²) in [5.74, 6) is -0.204. The molecule has 1 spiro atoms. The lowest BCUT2D eigenvalue weighted by Gasteiger charge is -2.36. The summed E-state index contributed by atoms with van der Waals surface area (Å²) >= 11 is 0. The molecule has 35 heavy (non-hydrogen) atoms. The van der Waals surface area contributed by atoms with E-state index in [0.717, 1.165) is 36.2 Å². The maximum Gasteiger partial charge on any atom is 0.322 e. The van der Waals surface area contributed by atoms with Gasteiger partial charge in [0.25, 0.3) is 0 Å². The minimum atomic E-state index is -0.807. The maximum atomic E-state index is 13.9. The van der Waals surface area contributed by atoms with Gasteiger partial charge in [-0.2, -0.15) is 0 Å². The Bertz CT molecular complexity index is 1110. The van der Waals surface area contributed by atoms with Crippen LogP contribution in [0.3, 0.4) is 0 Å². The highest BCUT2D eigenvalue weighted by molar-refractivity contribution is 5.89. The molecular formula is C26H29F2N3O4. The van der Waals surface area contributed by atoms with Crippen LogP contribution in [-0.4, -0.2) is 42.8 Å². The van der Waals surface area contributed by atoms with Crippen LogP contribution in [0.2, 0.25) is 0 Å². The van der Waals surface area contributed by atoms with Crippen LogP contribution in [-0.2, 0) is 4.84 Å². The Morgan fingerprint density at radius 2 is 1.83 bits per heavy atom. The van der Waals surface area contributed by atoms with Crippen molar-refractivity contribution in [2.75, 3.05) is 25.5 Å². The van der Waals surface area contributed by atoms with E-state index in [9.17, 15) is 13.6 Å². The van der Waals surface area contributed by atoms with Crippen LogP contribution in [0.25, 0.3) is 5.70 Å². The minimum Gasteiger partial charge on any atom is -0.493 e. The number of halogens is 2. The van der Waals surface area contributed by atoms with Gasteiger partial charge in [-0.05, 0) is 62.1 Å². The molecule has 2 aromatic carbocycles. The molecule has 2 amide bonds. The number of ether oxygens (including phenoxy) is 2. The van der Waals surface area contributed by atoms with Crippen molar-refractivity contribution >= 4 is 17.4 Å². The van der Waals surface area contributed by atoms with Gasteiger partial charge in [0.05, 0.1) is 18.9 Å². The van der Waals surface area contributed by atoms with E-state index in [1.807, 2.05) is 24.3 Å². The molecule has 9 heteroatoms. The van der Waals surface area contributed by atoms with Crippen molar-refractivity contribution < 1.29 is 27.9 Å². The zero-order valence-electron chi connectivity index (χ0n) is 19.6. The summed E-state index contributed by atoms with van der Waals surface area (Å²) < 4.78 is 39.5. The van der Waals surface area contributed by atoms with Gasteiger partial charge in [0, 0.05) is 31.5 Å². The number of benzene rings is 2. The summed E-state index contributed by atoms with van der Waals surface area (Å²) in [4.78, 5) is 20.1. The Balaban J connectivity index is 1.25. The number of rotatable bonds is 5. The topological polar surface area (TPSA) is 72.1 Å². The standard InChI is InChI=1S/C26H29F2N3O4/c1-33-22-10-9-17(15-23(22)34-18-5-2-3-6-18)21-16-26(35-30-21)11-13-31(14-12-26)25(32)29-24-19(27)7-4-8-20(24)28/h4,7-10,15-16,18,30H,2-3,5-6,11-14H2,1H3,(H,29,32). The van der Waals surface area contributed by atoms with Gasteiger partial charge in [0.1, 0.15) is 22.9 Å². The highest BCUT2D eigenvalue weighted by Crippen LogP contribution is 2.38. The molecule has 0 bridgehead atoms. The van der Waals surface area contributed by atoms with E-state index >= 15 is 0 Å². The number of nitrogens with zero attached hydrogens (tertiary/aromatic N) is 1. The predicted octanol–water partition coefficient (Wildman–Crippen LogP) is 5.24. The number of carbonyl (C=O) groups is 1. The van der Waals surface area contributed by atoms with E-state index in [2.05, 4.69) is 10.8 Å². The van der Waals surface area contributed by atoms with Crippen LogP contribution in [0, 0.1) is 11.6 Å². The van der Waals surface area contributed by atoms with Crippen LogP contribution >= 0.6 is 0 Å². The highest BCUT2D eigenvalue weighted by atomic mass is 19.1. The molecule has 7 nitrogen and oxygen atoms in total. The summed E-state index contributed by atoms with van der Waals surface area (Å²) in [6, 6.07) is 8.74. The number of para-hydroxylation sites is 1. The number of urea groups is 1. The Kier molecular flexibility index (Phi) is 6.51. The van der Waals surface area contributed by atoms with E-state index in [1.54, 1.807) is 7.11 Å². The zero-order chi connectivity index (χ0) is 24.4. The van der Waals surface area contributed by atoms with Crippen molar-refractivity contribution in [2.45, 2.75) is 50.2 Å². The van der Waals surface area contributed by atoms with Crippen LogP contribution in [0.5, 0.6) is 11.5 Å². The smallest absolute Gasteiger partial charge is 0.322 e. The third-order valence-corrected chi connectivity index (χ3v) is 6.93. The van der Waals surface area contributed by atoms with Crippen molar-refractivity contribution in [3.05, 3.63) is 59.7 Å². The Hall–Kier alpha value is -3.33. The molecule has 186 valence electrons. The third-order valence-electron chi connectivity index (χ3n) is 6.93. The number of anilines is 1. The summed E-state index contributed by atoms with van der Waals surface area (Å²) in [5.41, 5.74) is 3.78. The van der Waals surface area contributed by atoms with Crippen molar-refractivity contribution in [3.8, 4) is 11.5 Å². The number of methoxy groups -OCH3 is 1. The Labute approximate surface area is 203 Å². The molecule has 0 atom stereocenters. The number of hydrogen-bond donors (Lipinski definition) is 2. The van der Waals surface area contributed by atoms with Gasteiger partial charge in [-0.1, -0.05) is 6.07 Å². The first-order valence-corrected chi connectivity index (χ1v) is 12.0. The fourth-order valence-electron chi connectivity index (χ4n) is 4.88. The van der Waals surface area contributed by atoms with Crippen molar-refractivity contribution in [1.82, 2.24) is 10.4 Å². The summed E-state index contributed by atoms with van der Waals surface area (Å²) in [7, 11) is 1.63. The second-order valence-corrected chi connectivity index (χ2v) is 9.23. The van der Waals surface area contributed by atoms with E-state index < -0.39 is 29.0 Å². The molecule has 2 aromatic rings.